The smallest absolute Gasteiger partial charge is 0.155 e. The Hall–Kier alpha value is -0.420. The van der Waals surface area contributed by atoms with Crippen LogP contribution >= 0.6 is 24.2 Å². The van der Waals surface area contributed by atoms with E-state index in [4.69, 9.17) is 11.6 Å². The second-order valence-corrected chi connectivity index (χ2v) is 2.46. The zero-order valence-electron chi connectivity index (χ0n) is 5.66. The maximum atomic E-state index is 12.5. The molecule has 0 nitrogen and oxygen atoms in total. The van der Waals surface area contributed by atoms with Crippen LogP contribution in [0.5, 0.6) is 0 Å². The van der Waals surface area contributed by atoms with Crippen LogP contribution in [-0.2, 0) is 0 Å². The molecule has 0 saturated heterocycles. The second-order valence-electron chi connectivity index (χ2n) is 1.57. The van der Waals surface area contributed by atoms with Crippen molar-refractivity contribution in [3.05, 3.63) is 29.0 Å². The summed E-state index contributed by atoms with van der Waals surface area (Å²) in [6, 6.07) is 4.68. The van der Waals surface area contributed by atoms with Crippen LogP contribution in [0.25, 0.3) is 0 Å². The Bertz CT molecular complexity index is 211. The van der Waals surface area contributed by atoms with Crippen LogP contribution in [0.2, 0.25) is 5.02 Å². The molecule has 0 saturated carbocycles. The lowest BCUT2D eigenvalue weighted by molar-refractivity contribution is 0.603. The third-order valence-electron chi connectivity index (χ3n) is 0.931. The third-order valence-corrected chi connectivity index (χ3v) is 1.57. The van der Waals surface area contributed by atoms with Gasteiger partial charge in [0.25, 0.3) is 0 Å². The van der Waals surface area contributed by atoms with Gasteiger partial charge in [-0.2, -0.15) is 0 Å². The lowest BCUT2D eigenvalue weighted by atomic mass is 10.3. The fraction of sp³-hybridized carbons (Fsp3) is 0. The van der Waals surface area contributed by atoms with E-state index in [1.54, 1.807) is 12.1 Å². The van der Waals surface area contributed by atoms with Gasteiger partial charge in [-0.05, 0) is 12.1 Å². The summed E-state index contributed by atoms with van der Waals surface area (Å²) in [6.07, 6.45) is 0. The first-order chi connectivity index (χ1) is 4.22. The van der Waals surface area contributed by atoms with Crippen LogP contribution in [0.15, 0.2) is 23.1 Å². The molecule has 1 aromatic rings. The summed E-state index contributed by atoms with van der Waals surface area (Å²) >= 11 is 9.20. The molecule has 0 unspecified atom stereocenters. The highest BCUT2D eigenvalue weighted by Gasteiger charge is 1.99. The summed E-state index contributed by atoms with van der Waals surface area (Å²) < 4.78 is 12.5. The molecule has 0 amide bonds. The molecule has 0 radical (unpaired) electrons. The molecule has 0 aliphatic carbocycles. The van der Waals surface area contributed by atoms with Crippen molar-refractivity contribution in [1.82, 2.24) is 0 Å². The molecule has 72 valence electrons. The molecule has 1 rings (SSSR count). The number of benzene rings is 1. The topological polar surface area (TPSA) is 0 Å². The molecular weight excluding hydrogens is 216 g/mol. The summed E-state index contributed by atoms with van der Waals surface area (Å²) in [4.78, 5) is 0.280. The van der Waals surface area contributed by atoms with Gasteiger partial charge in [0.2, 0.25) is 0 Å². The maximum absolute atomic E-state index is 12.5. The SMILES string of the molecule is F.F.F.Fc1c(S)cccc1Cl. The lowest BCUT2D eigenvalue weighted by Crippen LogP contribution is -1.76. The van der Waals surface area contributed by atoms with Gasteiger partial charge in [0.05, 0.1) is 5.02 Å². The zero-order valence-corrected chi connectivity index (χ0v) is 7.31. The quantitative estimate of drug-likeness (QED) is 0.506. The van der Waals surface area contributed by atoms with Gasteiger partial charge < -0.3 is 0 Å². The van der Waals surface area contributed by atoms with Crippen molar-refractivity contribution in [3.63, 3.8) is 0 Å². The van der Waals surface area contributed by atoms with Crippen molar-refractivity contribution in [1.29, 1.82) is 0 Å². The van der Waals surface area contributed by atoms with Crippen molar-refractivity contribution >= 4 is 24.2 Å². The third kappa shape index (κ3) is 3.82. The Morgan fingerprint density at radius 3 is 2.00 bits per heavy atom. The van der Waals surface area contributed by atoms with Gasteiger partial charge in [0.15, 0.2) is 5.82 Å². The molecule has 0 aliphatic heterocycles. The molecule has 1 aromatic carbocycles. The molecule has 12 heavy (non-hydrogen) atoms. The largest absolute Gasteiger partial charge is 0.269 e. The van der Waals surface area contributed by atoms with Gasteiger partial charge in [0, 0.05) is 4.90 Å². The van der Waals surface area contributed by atoms with E-state index in [1.807, 2.05) is 0 Å². The molecule has 0 fully saturated rings. The number of rotatable bonds is 0. The minimum absolute atomic E-state index is 0. The average molecular weight is 223 g/mol. The molecule has 0 aromatic heterocycles. The lowest BCUT2D eigenvalue weighted by Gasteiger charge is -1.93. The number of halogens is 5. The van der Waals surface area contributed by atoms with Crippen LogP contribution in [0.3, 0.4) is 0 Å². The fourth-order valence-corrected chi connectivity index (χ4v) is 0.939. The summed E-state index contributed by atoms with van der Waals surface area (Å²) in [7, 11) is 0. The van der Waals surface area contributed by atoms with Gasteiger partial charge in [-0.1, -0.05) is 17.7 Å². The van der Waals surface area contributed by atoms with E-state index in [9.17, 15) is 4.39 Å². The fourth-order valence-electron chi connectivity index (χ4n) is 0.492. The predicted molar refractivity (Wildman–Crippen MR) is 46.2 cm³/mol. The Labute approximate surface area is 77.2 Å². The van der Waals surface area contributed by atoms with E-state index in [0.29, 0.717) is 0 Å². The van der Waals surface area contributed by atoms with Crippen LogP contribution in [0, 0.1) is 5.82 Å². The standard InChI is InChI=1S/C6H4ClFS.3FH/c7-4-2-1-3-5(9)6(4)8;;;/h1-3,9H;3*1H. The van der Waals surface area contributed by atoms with Crippen LogP contribution in [-0.4, -0.2) is 0 Å². The van der Waals surface area contributed by atoms with E-state index in [0.717, 1.165) is 0 Å². The minimum Gasteiger partial charge on any atom is -0.269 e. The monoisotopic (exact) mass is 222 g/mol. The van der Waals surface area contributed by atoms with E-state index in [1.165, 1.54) is 6.07 Å². The van der Waals surface area contributed by atoms with Crippen LogP contribution in [0.4, 0.5) is 18.5 Å². The van der Waals surface area contributed by atoms with E-state index in [-0.39, 0.29) is 24.0 Å². The Balaban J connectivity index is -0.000000270. The van der Waals surface area contributed by atoms with E-state index in [2.05, 4.69) is 12.6 Å². The maximum Gasteiger partial charge on any atom is 0.155 e. The van der Waals surface area contributed by atoms with E-state index >= 15 is 0 Å². The Morgan fingerprint density at radius 2 is 1.67 bits per heavy atom. The number of hydrogen-bond acceptors (Lipinski definition) is 1. The highest BCUT2D eigenvalue weighted by Crippen LogP contribution is 2.19. The normalized spacial score (nSPS) is 7.25. The first-order valence-electron chi connectivity index (χ1n) is 2.35. The first-order valence-corrected chi connectivity index (χ1v) is 3.17. The summed E-state index contributed by atoms with van der Waals surface area (Å²) in [5.41, 5.74) is 0. The summed E-state index contributed by atoms with van der Waals surface area (Å²) in [5.74, 6) is -0.456. The molecule has 0 bridgehead atoms. The van der Waals surface area contributed by atoms with Gasteiger partial charge in [-0.15, -0.1) is 12.6 Å². The molecule has 0 heterocycles. The first kappa shape index (κ1) is 17.6. The van der Waals surface area contributed by atoms with Gasteiger partial charge in [-0.3, -0.25) is 14.1 Å². The van der Waals surface area contributed by atoms with E-state index < -0.39 is 5.82 Å². The molecule has 0 spiro atoms. The van der Waals surface area contributed by atoms with Gasteiger partial charge in [-0.25, -0.2) is 4.39 Å². The Morgan fingerprint density at radius 1 is 1.17 bits per heavy atom. The zero-order chi connectivity index (χ0) is 6.85. The molecular formula is C6H7ClF4S. The number of thiol groups is 1. The van der Waals surface area contributed by atoms with Crippen molar-refractivity contribution in [2.45, 2.75) is 4.90 Å². The Kier molecular flexibility index (Phi) is 10.6. The van der Waals surface area contributed by atoms with Crippen molar-refractivity contribution in [2.24, 2.45) is 0 Å². The molecule has 0 atom stereocenters. The number of hydrogen-bond donors (Lipinski definition) is 1. The van der Waals surface area contributed by atoms with Gasteiger partial charge >= 0.3 is 0 Å². The predicted octanol–water partition coefficient (Wildman–Crippen LogP) is 3.23. The molecule has 0 aliphatic rings. The molecule has 6 heteroatoms. The summed E-state index contributed by atoms with van der Waals surface area (Å²) in [5, 5.41) is 0.113. The van der Waals surface area contributed by atoms with Crippen molar-refractivity contribution < 1.29 is 18.5 Å². The van der Waals surface area contributed by atoms with Crippen molar-refractivity contribution in [2.75, 3.05) is 0 Å². The van der Waals surface area contributed by atoms with Gasteiger partial charge in [0.1, 0.15) is 0 Å². The minimum atomic E-state index is -0.456. The van der Waals surface area contributed by atoms with Crippen molar-refractivity contribution in [3.8, 4) is 0 Å². The highest BCUT2D eigenvalue weighted by molar-refractivity contribution is 7.80. The summed E-state index contributed by atoms with van der Waals surface area (Å²) in [6.45, 7) is 0. The molecule has 0 N–H and O–H groups in total. The highest BCUT2D eigenvalue weighted by atomic mass is 35.5. The van der Waals surface area contributed by atoms with Crippen LogP contribution < -0.4 is 0 Å². The second kappa shape index (κ2) is 7.24. The van der Waals surface area contributed by atoms with Crippen LogP contribution in [0.1, 0.15) is 0 Å². The average Bonchev–Trinajstić information content (AvgIpc) is 1.83.